The molecule has 1 atom stereocenters. The number of nitrogens with zero attached hydrogens (tertiary/aromatic N) is 4. The number of piperidine rings is 1. The van der Waals surface area contributed by atoms with Crippen LogP contribution in [0.15, 0.2) is 0 Å². The fraction of sp³-hybridized carbons (Fsp3) is 0.800. The Bertz CT molecular complexity index is 338. The van der Waals surface area contributed by atoms with E-state index < -0.39 is 0 Å². The summed E-state index contributed by atoms with van der Waals surface area (Å²) in [7, 11) is 4.29. The van der Waals surface area contributed by atoms with E-state index in [0.717, 1.165) is 30.3 Å². The molecule has 2 N–H and O–H groups in total. The second kappa shape index (κ2) is 5.07. The molecule has 5 nitrogen and oxygen atoms in total. The number of rotatable bonds is 3. The summed E-state index contributed by atoms with van der Waals surface area (Å²) in [5.74, 6) is 0. The van der Waals surface area contributed by atoms with E-state index >= 15 is 0 Å². The van der Waals surface area contributed by atoms with Crippen molar-refractivity contribution in [2.24, 2.45) is 0 Å². The highest BCUT2D eigenvalue weighted by Crippen LogP contribution is 2.19. The van der Waals surface area contributed by atoms with Gasteiger partial charge in [0.2, 0.25) is 0 Å². The van der Waals surface area contributed by atoms with E-state index in [1.54, 1.807) is 0 Å². The molecule has 1 saturated heterocycles. The number of aromatic nitrogens is 2. The van der Waals surface area contributed by atoms with E-state index in [1.165, 1.54) is 24.4 Å². The Balaban J connectivity index is 1.93. The second-order valence-electron chi connectivity index (χ2n) is 4.58. The molecule has 2 rings (SSSR count). The minimum absolute atomic E-state index is 0.654. The SMILES string of the molecule is CN(C)C1CCCN(Cc2nnsc2N)C1. The minimum Gasteiger partial charge on any atom is -0.388 e. The fourth-order valence-corrected chi connectivity index (χ4v) is 2.57. The highest BCUT2D eigenvalue weighted by atomic mass is 32.1. The van der Waals surface area contributed by atoms with Gasteiger partial charge in [0.1, 0.15) is 10.7 Å². The Morgan fingerprint density at radius 3 is 3.00 bits per heavy atom. The highest BCUT2D eigenvalue weighted by molar-refractivity contribution is 7.09. The van der Waals surface area contributed by atoms with Crippen molar-refractivity contribution < 1.29 is 0 Å². The van der Waals surface area contributed by atoms with Crippen LogP contribution in [-0.4, -0.2) is 52.6 Å². The number of nitrogen functional groups attached to an aromatic ring is 1. The first-order valence-electron chi connectivity index (χ1n) is 5.62. The predicted octanol–water partition coefficient (Wildman–Crippen LogP) is 0.646. The van der Waals surface area contributed by atoms with Gasteiger partial charge >= 0.3 is 0 Å². The molecule has 16 heavy (non-hydrogen) atoms. The molecule has 1 aromatic heterocycles. The molecule has 0 bridgehead atoms. The van der Waals surface area contributed by atoms with Crippen LogP contribution in [0, 0.1) is 0 Å². The van der Waals surface area contributed by atoms with E-state index in [2.05, 4.69) is 33.5 Å². The van der Waals surface area contributed by atoms with Crippen molar-refractivity contribution in [1.82, 2.24) is 19.4 Å². The Labute approximate surface area is 100 Å². The van der Waals surface area contributed by atoms with Gasteiger partial charge < -0.3 is 10.6 Å². The number of hydrogen-bond donors (Lipinski definition) is 1. The van der Waals surface area contributed by atoms with Gasteiger partial charge in [-0.1, -0.05) is 4.49 Å². The molecular formula is C10H19N5S. The lowest BCUT2D eigenvalue weighted by Crippen LogP contribution is -2.44. The summed E-state index contributed by atoms with van der Waals surface area (Å²) in [5.41, 5.74) is 6.74. The molecule has 1 aliphatic heterocycles. The third-order valence-corrected chi connectivity index (χ3v) is 3.77. The van der Waals surface area contributed by atoms with Gasteiger partial charge in [-0.15, -0.1) is 5.10 Å². The van der Waals surface area contributed by atoms with Crippen LogP contribution >= 0.6 is 11.5 Å². The number of likely N-dealkylation sites (N-methyl/N-ethyl adjacent to an activating group) is 1. The van der Waals surface area contributed by atoms with Gasteiger partial charge in [-0.25, -0.2) is 0 Å². The van der Waals surface area contributed by atoms with Crippen molar-refractivity contribution in [3.63, 3.8) is 0 Å². The van der Waals surface area contributed by atoms with Crippen LogP contribution in [0.1, 0.15) is 18.5 Å². The topological polar surface area (TPSA) is 58.3 Å². The van der Waals surface area contributed by atoms with E-state index in [0.29, 0.717) is 6.04 Å². The summed E-state index contributed by atoms with van der Waals surface area (Å²) >= 11 is 1.28. The molecule has 0 aliphatic carbocycles. The molecular weight excluding hydrogens is 222 g/mol. The van der Waals surface area contributed by atoms with Crippen LogP contribution in [0.4, 0.5) is 5.00 Å². The van der Waals surface area contributed by atoms with Gasteiger partial charge in [-0.05, 0) is 33.5 Å². The average Bonchev–Trinajstić information content (AvgIpc) is 2.65. The lowest BCUT2D eigenvalue weighted by molar-refractivity contribution is 0.127. The molecule has 0 amide bonds. The zero-order valence-electron chi connectivity index (χ0n) is 9.89. The van der Waals surface area contributed by atoms with Crippen LogP contribution in [0.25, 0.3) is 0 Å². The molecule has 0 aromatic carbocycles. The summed E-state index contributed by atoms with van der Waals surface area (Å²) < 4.78 is 3.87. The molecule has 1 unspecified atom stereocenters. The fourth-order valence-electron chi connectivity index (χ4n) is 2.13. The van der Waals surface area contributed by atoms with E-state index in [4.69, 9.17) is 5.73 Å². The number of nitrogens with two attached hydrogens (primary N) is 1. The highest BCUT2D eigenvalue weighted by Gasteiger charge is 2.22. The monoisotopic (exact) mass is 241 g/mol. The van der Waals surface area contributed by atoms with Gasteiger partial charge in [-0.2, -0.15) is 0 Å². The Hall–Kier alpha value is -0.720. The van der Waals surface area contributed by atoms with Gasteiger partial charge in [0.25, 0.3) is 0 Å². The van der Waals surface area contributed by atoms with Gasteiger partial charge in [-0.3, -0.25) is 4.90 Å². The predicted molar refractivity (Wildman–Crippen MR) is 66.3 cm³/mol. The maximum Gasteiger partial charge on any atom is 0.132 e. The van der Waals surface area contributed by atoms with Crippen molar-refractivity contribution in [3.05, 3.63) is 5.69 Å². The number of hydrogen-bond acceptors (Lipinski definition) is 6. The van der Waals surface area contributed by atoms with Gasteiger partial charge in [0.05, 0.1) is 0 Å². The summed E-state index contributed by atoms with van der Waals surface area (Å²) in [5, 5.41) is 4.82. The molecule has 1 aliphatic rings. The van der Waals surface area contributed by atoms with E-state index in [-0.39, 0.29) is 0 Å². The van der Waals surface area contributed by atoms with Crippen molar-refractivity contribution in [2.75, 3.05) is 32.9 Å². The molecule has 6 heteroatoms. The van der Waals surface area contributed by atoms with E-state index in [9.17, 15) is 0 Å². The summed E-state index contributed by atoms with van der Waals surface area (Å²) in [4.78, 5) is 4.72. The largest absolute Gasteiger partial charge is 0.388 e. The van der Waals surface area contributed by atoms with E-state index in [1.807, 2.05) is 0 Å². The number of anilines is 1. The van der Waals surface area contributed by atoms with Crippen LogP contribution in [0.3, 0.4) is 0 Å². The first kappa shape index (κ1) is 11.8. The summed E-state index contributed by atoms with van der Waals surface area (Å²) in [6.45, 7) is 3.08. The van der Waals surface area contributed by atoms with Crippen LogP contribution in [0.2, 0.25) is 0 Å². The molecule has 0 saturated carbocycles. The lowest BCUT2D eigenvalue weighted by Gasteiger charge is -2.35. The lowest BCUT2D eigenvalue weighted by atomic mass is 10.0. The maximum absolute atomic E-state index is 5.81. The molecule has 90 valence electrons. The standard InChI is InChI=1S/C10H19N5S/c1-14(2)8-4-3-5-15(6-8)7-9-10(11)16-13-12-9/h8H,3-7,11H2,1-2H3. The smallest absolute Gasteiger partial charge is 0.132 e. The van der Waals surface area contributed by atoms with Crippen LogP contribution in [0.5, 0.6) is 0 Å². The number of likely N-dealkylation sites (tertiary alicyclic amines) is 1. The summed E-state index contributed by atoms with van der Waals surface area (Å²) in [6.07, 6.45) is 2.54. The molecule has 0 radical (unpaired) electrons. The molecule has 0 spiro atoms. The zero-order chi connectivity index (χ0) is 11.5. The Kier molecular flexibility index (Phi) is 3.73. The van der Waals surface area contributed by atoms with Crippen molar-refractivity contribution in [2.45, 2.75) is 25.4 Å². The molecule has 2 heterocycles. The Morgan fingerprint density at radius 1 is 1.56 bits per heavy atom. The minimum atomic E-state index is 0.654. The second-order valence-corrected chi connectivity index (χ2v) is 5.36. The van der Waals surface area contributed by atoms with Crippen molar-refractivity contribution in [3.8, 4) is 0 Å². The molecule has 1 aromatic rings. The van der Waals surface area contributed by atoms with Crippen molar-refractivity contribution >= 4 is 16.5 Å². The first-order chi connectivity index (χ1) is 7.66. The third kappa shape index (κ3) is 2.69. The van der Waals surface area contributed by atoms with Crippen LogP contribution < -0.4 is 5.73 Å². The van der Waals surface area contributed by atoms with Crippen molar-refractivity contribution in [1.29, 1.82) is 0 Å². The normalized spacial score (nSPS) is 22.8. The maximum atomic E-state index is 5.81. The summed E-state index contributed by atoms with van der Waals surface area (Å²) in [6, 6.07) is 0.654. The van der Waals surface area contributed by atoms with Crippen LogP contribution in [-0.2, 0) is 6.54 Å². The third-order valence-electron chi connectivity index (χ3n) is 3.17. The Morgan fingerprint density at radius 2 is 2.38 bits per heavy atom. The van der Waals surface area contributed by atoms with Gasteiger partial charge in [0, 0.05) is 30.7 Å². The molecule has 1 fully saturated rings. The first-order valence-corrected chi connectivity index (χ1v) is 6.39. The average molecular weight is 241 g/mol. The van der Waals surface area contributed by atoms with Gasteiger partial charge in [0.15, 0.2) is 0 Å². The quantitative estimate of drug-likeness (QED) is 0.842. The zero-order valence-corrected chi connectivity index (χ0v) is 10.7.